The number of rotatable bonds is 13. The van der Waals surface area contributed by atoms with Crippen LogP contribution in [0.4, 0.5) is 18.9 Å². The van der Waals surface area contributed by atoms with Gasteiger partial charge in [-0.25, -0.2) is 8.42 Å². The van der Waals surface area contributed by atoms with E-state index in [0.29, 0.717) is 18.7 Å². The second-order valence-electron chi connectivity index (χ2n) is 8.68. The zero-order chi connectivity index (χ0) is 28.5. The van der Waals surface area contributed by atoms with Crippen molar-refractivity contribution in [2.75, 3.05) is 30.8 Å². The van der Waals surface area contributed by atoms with Crippen molar-refractivity contribution in [1.82, 2.24) is 10.2 Å². The summed E-state index contributed by atoms with van der Waals surface area (Å²) in [7, 11) is -2.40. The Bertz CT molecular complexity index is 1190. The second kappa shape index (κ2) is 13.5. The van der Waals surface area contributed by atoms with Crippen molar-refractivity contribution >= 4 is 27.5 Å². The third kappa shape index (κ3) is 8.64. The molecule has 1 atom stereocenters. The van der Waals surface area contributed by atoms with Gasteiger partial charge in [-0.15, -0.1) is 0 Å². The first-order valence-electron chi connectivity index (χ1n) is 12.2. The molecule has 0 saturated carbocycles. The Balaban J connectivity index is 2.24. The van der Waals surface area contributed by atoms with Crippen LogP contribution < -0.4 is 14.4 Å². The van der Waals surface area contributed by atoms with E-state index in [1.807, 2.05) is 0 Å². The molecule has 210 valence electrons. The van der Waals surface area contributed by atoms with Crippen molar-refractivity contribution in [2.45, 2.75) is 51.9 Å². The van der Waals surface area contributed by atoms with E-state index in [9.17, 15) is 31.2 Å². The maximum absolute atomic E-state index is 13.3. The Morgan fingerprint density at radius 2 is 1.74 bits per heavy atom. The Morgan fingerprint density at radius 1 is 1.08 bits per heavy atom. The molecular weight excluding hydrogens is 523 g/mol. The number of halogens is 3. The number of carbonyl (C=O) groups excluding carboxylic acids is 2. The third-order valence-electron chi connectivity index (χ3n) is 5.86. The van der Waals surface area contributed by atoms with Gasteiger partial charge in [-0.05, 0) is 55.7 Å². The SMILES string of the molecule is CCNC(=O)[C@@H](CC)N(Cc1ccc(OC)cc1)C(=O)CCCN(c1cccc(C(F)(F)F)c1)S(C)(=O)=O. The van der Waals surface area contributed by atoms with Gasteiger partial charge >= 0.3 is 6.18 Å². The quantitative estimate of drug-likeness (QED) is 0.398. The van der Waals surface area contributed by atoms with Crippen LogP contribution in [0.1, 0.15) is 44.2 Å². The van der Waals surface area contributed by atoms with Crippen LogP contribution in [-0.4, -0.2) is 57.6 Å². The van der Waals surface area contributed by atoms with Crippen molar-refractivity contribution in [3.63, 3.8) is 0 Å². The zero-order valence-corrected chi connectivity index (χ0v) is 22.7. The molecule has 0 unspecified atom stereocenters. The van der Waals surface area contributed by atoms with Crippen LogP contribution in [0.5, 0.6) is 5.75 Å². The fourth-order valence-electron chi connectivity index (χ4n) is 3.98. The van der Waals surface area contributed by atoms with Crippen molar-refractivity contribution in [3.8, 4) is 5.75 Å². The van der Waals surface area contributed by atoms with Crippen molar-refractivity contribution < 1.29 is 35.9 Å². The van der Waals surface area contributed by atoms with E-state index in [0.717, 1.165) is 34.3 Å². The highest BCUT2D eigenvalue weighted by atomic mass is 32.2. The van der Waals surface area contributed by atoms with Gasteiger partial charge in [0.2, 0.25) is 21.8 Å². The summed E-state index contributed by atoms with van der Waals surface area (Å²) < 4.78 is 70.3. The highest BCUT2D eigenvalue weighted by Crippen LogP contribution is 2.32. The van der Waals surface area contributed by atoms with Crippen molar-refractivity contribution in [3.05, 3.63) is 59.7 Å². The molecule has 0 aliphatic heterocycles. The van der Waals surface area contributed by atoms with Gasteiger partial charge < -0.3 is 15.0 Å². The smallest absolute Gasteiger partial charge is 0.416 e. The molecule has 38 heavy (non-hydrogen) atoms. The maximum Gasteiger partial charge on any atom is 0.416 e. The molecule has 0 aliphatic rings. The van der Waals surface area contributed by atoms with Crippen LogP contribution >= 0.6 is 0 Å². The Hall–Kier alpha value is -3.28. The molecule has 0 spiro atoms. The fourth-order valence-corrected chi connectivity index (χ4v) is 4.94. The number of methoxy groups -OCH3 is 1. The number of nitrogens with one attached hydrogen (secondary N) is 1. The van der Waals surface area contributed by atoms with Gasteiger partial charge in [-0.3, -0.25) is 13.9 Å². The lowest BCUT2D eigenvalue weighted by atomic mass is 10.1. The van der Waals surface area contributed by atoms with E-state index >= 15 is 0 Å². The van der Waals surface area contributed by atoms with E-state index in [1.54, 1.807) is 38.1 Å². The standard InChI is InChI=1S/C26H34F3N3O5S/c1-5-23(25(34)30-6-2)31(18-19-12-14-22(37-3)15-13-19)24(33)11-8-16-32(38(4,35)36)21-10-7-9-20(17-21)26(27,28)29/h7,9-10,12-15,17,23H,5-6,8,11,16,18H2,1-4H3,(H,30,34)/t23-/m1/s1. The third-order valence-corrected chi connectivity index (χ3v) is 7.06. The second-order valence-corrected chi connectivity index (χ2v) is 10.6. The first-order chi connectivity index (χ1) is 17.8. The average Bonchev–Trinajstić information content (AvgIpc) is 2.85. The van der Waals surface area contributed by atoms with Gasteiger partial charge in [0, 0.05) is 26.1 Å². The summed E-state index contributed by atoms with van der Waals surface area (Å²) in [6, 6.07) is 10.3. The number of ether oxygens (including phenoxy) is 1. The average molecular weight is 558 g/mol. The molecule has 0 aromatic heterocycles. The Morgan fingerprint density at radius 3 is 2.26 bits per heavy atom. The summed E-state index contributed by atoms with van der Waals surface area (Å²) in [5.41, 5.74) is -0.347. The molecule has 12 heteroatoms. The number of hydrogen-bond donors (Lipinski definition) is 1. The fraction of sp³-hybridized carbons (Fsp3) is 0.462. The summed E-state index contributed by atoms with van der Waals surface area (Å²) in [6.07, 6.45) is -3.46. The number of anilines is 1. The zero-order valence-electron chi connectivity index (χ0n) is 21.9. The number of likely N-dealkylation sites (N-methyl/N-ethyl adjacent to an activating group) is 1. The van der Waals surface area contributed by atoms with E-state index in [-0.39, 0.29) is 43.4 Å². The number of nitrogens with zero attached hydrogens (tertiary/aromatic N) is 2. The van der Waals surface area contributed by atoms with Gasteiger partial charge in [0.25, 0.3) is 0 Å². The molecule has 2 aromatic rings. The first-order valence-corrected chi connectivity index (χ1v) is 14.0. The summed E-state index contributed by atoms with van der Waals surface area (Å²) >= 11 is 0. The highest BCUT2D eigenvalue weighted by Gasteiger charge is 2.32. The minimum atomic E-state index is -4.63. The maximum atomic E-state index is 13.3. The van der Waals surface area contributed by atoms with Crippen LogP contribution in [0.2, 0.25) is 0 Å². The van der Waals surface area contributed by atoms with Crippen molar-refractivity contribution in [1.29, 1.82) is 0 Å². The molecule has 0 saturated heterocycles. The lowest BCUT2D eigenvalue weighted by Gasteiger charge is -2.31. The predicted molar refractivity (Wildman–Crippen MR) is 139 cm³/mol. The molecule has 0 radical (unpaired) electrons. The van der Waals surface area contributed by atoms with Crippen LogP contribution in [0.3, 0.4) is 0 Å². The van der Waals surface area contributed by atoms with Gasteiger partial charge in [0.1, 0.15) is 11.8 Å². The number of hydrogen-bond acceptors (Lipinski definition) is 5. The number of benzene rings is 2. The summed E-state index contributed by atoms with van der Waals surface area (Å²) in [4.78, 5) is 27.5. The molecule has 0 heterocycles. The lowest BCUT2D eigenvalue weighted by Crippen LogP contribution is -2.49. The minimum absolute atomic E-state index is 0.0348. The number of alkyl halides is 3. The molecular formula is C26H34F3N3O5S. The summed E-state index contributed by atoms with van der Waals surface area (Å²) in [5, 5.41) is 2.74. The topological polar surface area (TPSA) is 96.0 Å². The number of sulfonamides is 1. The van der Waals surface area contributed by atoms with Crippen molar-refractivity contribution in [2.24, 2.45) is 0 Å². The van der Waals surface area contributed by atoms with Crippen LogP contribution in [-0.2, 0) is 32.3 Å². The van der Waals surface area contributed by atoms with Crippen LogP contribution in [0.25, 0.3) is 0 Å². The molecule has 0 aliphatic carbocycles. The molecule has 2 amide bonds. The minimum Gasteiger partial charge on any atom is -0.497 e. The molecule has 1 N–H and O–H groups in total. The predicted octanol–water partition coefficient (Wildman–Crippen LogP) is 4.20. The van der Waals surface area contributed by atoms with Gasteiger partial charge in [-0.1, -0.05) is 25.1 Å². The van der Waals surface area contributed by atoms with E-state index in [1.165, 1.54) is 18.1 Å². The normalized spacial score (nSPS) is 12.5. The molecule has 2 aromatic carbocycles. The summed E-state index contributed by atoms with van der Waals surface area (Å²) in [6.45, 7) is 3.88. The molecule has 0 fully saturated rings. The Kier molecular flexibility index (Phi) is 11.0. The number of carbonyl (C=O) groups is 2. The van der Waals surface area contributed by atoms with Gasteiger partial charge in [0.05, 0.1) is 24.6 Å². The summed E-state index contributed by atoms with van der Waals surface area (Å²) in [5.74, 6) is -0.0483. The molecule has 2 rings (SSSR count). The number of amides is 2. The van der Waals surface area contributed by atoms with Crippen LogP contribution in [0, 0.1) is 0 Å². The monoisotopic (exact) mass is 557 g/mol. The largest absolute Gasteiger partial charge is 0.497 e. The van der Waals surface area contributed by atoms with E-state index in [2.05, 4.69) is 5.32 Å². The lowest BCUT2D eigenvalue weighted by molar-refractivity contribution is -0.141. The van der Waals surface area contributed by atoms with E-state index < -0.39 is 27.8 Å². The Labute approximate surface area is 221 Å². The first kappa shape index (κ1) is 30.9. The molecule has 8 nitrogen and oxygen atoms in total. The van der Waals surface area contributed by atoms with Crippen LogP contribution in [0.15, 0.2) is 48.5 Å². The highest BCUT2D eigenvalue weighted by molar-refractivity contribution is 7.92. The van der Waals surface area contributed by atoms with Gasteiger partial charge in [0.15, 0.2) is 0 Å². The van der Waals surface area contributed by atoms with E-state index in [4.69, 9.17) is 4.74 Å². The molecule has 0 bridgehead atoms. The van der Waals surface area contributed by atoms with Gasteiger partial charge in [-0.2, -0.15) is 13.2 Å².